The molecule has 1 atom stereocenters. The van der Waals surface area contributed by atoms with Gasteiger partial charge in [-0.05, 0) is 67.7 Å². The summed E-state index contributed by atoms with van der Waals surface area (Å²) in [7, 11) is 0. The number of pyridine rings is 1. The highest BCUT2D eigenvalue weighted by atomic mass is 16.2. The zero-order chi connectivity index (χ0) is 21.5. The number of aryl methyl sites for hydroxylation is 3. The molecule has 0 saturated carbocycles. The molecule has 2 aromatic carbocycles. The topological polar surface area (TPSA) is 45.2 Å². The molecule has 1 aromatic heterocycles. The van der Waals surface area contributed by atoms with Gasteiger partial charge in [-0.2, -0.15) is 0 Å². The van der Waals surface area contributed by atoms with Crippen LogP contribution in [0.15, 0.2) is 67.4 Å². The van der Waals surface area contributed by atoms with Gasteiger partial charge in [0.15, 0.2) is 0 Å². The lowest BCUT2D eigenvalue weighted by atomic mass is 10.1. The van der Waals surface area contributed by atoms with Crippen LogP contribution in [0.25, 0.3) is 10.9 Å². The Morgan fingerprint density at radius 3 is 2.73 bits per heavy atom. The van der Waals surface area contributed by atoms with E-state index in [0.29, 0.717) is 0 Å². The number of hydrogen-bond acceptors (Lipinski definition) is 3. The number of fused-ring (bicyclic) bond motifs is 1. The minimum Gasteiger partial charge on any atom is -0.380 e. The number of nitrogens with zero attached hydrogens (tertiary/aromatic N) is 2. The number of amides is 1. The molecule has 1 amide bonds. The largest absolute Gasteiger partial charge is 0.380 e. The molecule has 0 aliphatic carbocycles. The normalized spacial score (nSPS) is 15.4. The lowest BCUT2D eigenvalue weighted by molar-refractivity contribution is -0.125. The molecule has 1 aliphatic rings. The first-order valence-electron chi connectivity index (χ1n) is 10.6. The van der Waals surface area contributed by atoms with Crippen LogP contribution >= 0.6 is 0 Å². The third kappa shape index (κ3) is 5.47. The van der Waals surface area contributed by atoms with Gasteiger partial charge in [0.1, 0.15) is 0 Å². The van der Waals surface area contributed by atoms with E-state index in [1.807, 2.05) is 18.0 Å². The molecule has 3 aromatic rings. The van der Waals surface area contributed by atoms with E-state index in [0.717, 1.165) is 48.1 Å². The van der Waals surface area contributed by atoms with Gasteiger partial charge < -0.3 is 10.2 Å². The van der Waals surface area contributed by atoms with Crippen molar-refractivity contribution in [1.29, 1.82) is 0 Å². The maximum atomic E-state index is 11.6. The first kappa shape index (κ1) is 21.6. The van der Waals surface area contributed by atoms with Crippen LogP contribution in [-0.4, -0.2) is 34.9 Å². The van der Waals surface area contributed by atoms with Crippen LogP contribution in [0, 0.1) is 13.8 Å². The Hall–Kier alpha value is -3.14. The molecule has 0 bridgehead atoms. The Bertz CT molecular complexity index is 1030. The molecule has 30 heavy (non-hydrogen) atoms. The van der Waals surface area contributed by atoms with Crippen molar-refractivity contribution < 1.29 is 4.79 Å². The van der Waals surface area contributed by atoms with Gasteiger partial charge in [0.25, 0.3) is 0 Å². The first-order chi connectivity index (χ1) is 14.5. The number of hydrogen-bond donors (Lipinski definition) is 1. The molecule has 2 heterocycles. The van der Waals surface area contributed by atoms with Crippen molar-refractivity contribution in [2.75, 3.05) is 18.4 Å². The number of carbonyl (C=O) groups excluding carboxylic acids is 1. The summed E-state index contributed by atoms with van der Waals surface area (Å²) in [5.41, 5.74) is 6.06. The van der Waals surface area contributed by atoms with Crippen molar-refractivity contribution in [1.82, 2.24) is 9.88 Å². The lowest BCUT2D eigenvalue weighted by Crippen LogP contribution is -2.30. The van der Waals surface area contributed by atoms with Crippen LogP contribution in [0.4, 0.5) is 5.69 Å². The summed E-state index contributed by atoms with van der Waals surface area (Å²) in [6.07, 6.45) is 5.36. The third-order valence-corrected chi connectivity index (χ3v) is 5.51. The Kier molecular flexibility index (Phi) is 7.23. The molecule has 4 rings (SSSR count). The van der Waals surface area contributed by atoms with Crippen LogP contribution in [0.1, 0.15) is 30.0 Å². The van der Waals surface area contributed by atoms with Gasteiger partial charge in [0, 0.05) is 36.4 Å². The number of benzene rings is 2. The van der Waals surface area contributed by atoms with E-state index >= 15 is 0 Å². The quantitative estimate of drug-likeness (QED) is 0.604. The Labute approximate surface area is 179 Å². The van der Waals surface area contributed by atoms with Crippen molar-refractivity contribution >= 4 is 22.5 Å². The highest BCUT2D eigenvalue weighted by Crippen LogP contribution is 2.21. The number of likely N-dealkylation sites (tertiary alicyclic amines) is 1. The first-order valence-corrected chi connectivity index (χ1v) is 10.6. The van der Waals surface area contributed by atoms with Crippen molar-refractivity contribution in [3.05, 3.63) is 84.1 Å². The van der Waals surface area contributed by atoms with Crippen LogP contribution in [0.2, 0.25) is 0 Å². The SMILES string of the molecule is C=CC(=O)N1CCC(Nc2ccc3cc(C)cnc3c2)C1.CCc1ccccc1C. The van der Waals surface area contributed by atoms with E-state index in [2.05, 4.69) is 79.3 Å². The highest BCUT2D eigenvalue weighted by Gasteiger charge is 2.24. The third-order valence-electron chi connectivity index (χ3n) is 5.51. The van der Waals surface area contributed by atoms with Crippen LogP contribution in [0.5, 0.6) is 0 Å². The van der Waals surface area contributed by atoms with Gasteiger partial charge in [-0.15, -0.1) is 0 Å². The molecule has 4 nitrogen and oxygen atoms in total. The highest BCUT2D eigenvalue weighted by molar-refractivity contribution is 5.87. The van der Waals surface area contributed by atoms with E-state index < -0.39 is 0 Å². The average Bonchev–Trinajstić information content (AvgIpc) is 3.22. The maximum absolute atomic E-state index is 11.6. The number of anilines is 1. The summed E-state index contributed by atoms with van der Waals surface area (Å²) >= 11 is 0. The average molecular weight is 402 g/mol. The summed E-state index contributed by atoms with van der Waals surface area (Å²) in [5, 5.41) is 4.64. The molecular formula is C26H31N3O. The predicted molar refractivity (Wildman–Crippen MR) is 126 cm³/mol. The minimum atomic E-state index is 0.00922. The second-order valence-corrected chi connectivity index (χ2v) is 7.82. The molecule has 156 valence electrons. The monoisotopic (exact) mass is 401 g/mol. The molecule has 1 N–H and O–H groups in total. The van der Waals surface area contributed by atoms with Gasteiger partial charge in [0.2, 0.25) is 5.91 Å². The van der Waals surface area contributed by atoms with Gasteiger partial charge >= 0.3 is 0 Å². The van der Waals surface area contributed by atoms with Crippen molar-refractivity contribution in [3.63, 3.8) is 0 Å². The van der Waals surface area contributed by atoms with E-state index in [1.54, 1.807) is 0 Å². The number of rotatable bonds is 4. The summed E-state index contributed by atoms with van der Waals surface area (Å²) in [4.78, 5) is 17.9. The molecule has 1 saturated heterocycles. The molecule has 1 fully saturated rings. The predicted octanol–water partition coefficient (Wildman–Crippen LogP) is 5.30. The summed E-state index contributed by atoms with van der Waals surface area (Å²) in [6, 6.07) is 17.1. The van der Waals surface area contributed by atoms with Crippen molar-refractivity contribution in [3.8, 4) is 0 Å². The summed E-state index contributed by atoms with van der Waals surface area (Å²) in [6.45, 7) is 11.4. The zero-order valence-corrected chi connectivity index (χ0v) is 18.2. The van der Waals surface area contributed by atoms with Crippen molar-refractivity contribution in [2.24, 2.45) is 0 Å². The maximum Gasteiger partial charge on any atom is 0.246 e. The van der Waals surface area contributed by atoms with Gasteiger partial charge in [-0.25, -0.2) is 0 Å². The van der Waals surface area contributed by atoms with E-state index in [4.69, 9.17) is 0 Å². The second kappa shape index (κ2) is 10.1. The summed E-state index contributed by atoms with van der Waals surface area (Å²) < 4.78 is 0. The number of nitrogens with one attached hydrogen (secondary N) is 1. The smallest absolute Gasteiger partial charge is 0.246 e. The van der Waals surface area contributed by atoms with Crippen LogP contribution in [0.3, 0.4) is 0 Å². The molecule has 0 spiro atoms. The Morgan fingerprint density at radius 1 is 1.23 bits per heavy atom. The summed E-state index contributed by atoms with van der Waals surface area (Å²) in [5.74, 6) is 0.00922. The van der Waals surface area contributed by atoms with E-state index in [9.17, 15) is 4.79 Å². The van der Waals surface area contributed by atoms with Crippen LogP contribution < -0.4 is 5.32 Å². The minimum absolute atomic E-state index is 0.00922. The molecule has 0 radical (unpaired) electrons. The van der Waals surface area contributed by atoms with Gasteiger partial charge in [0.05, 0.1) is 5.52 Å². The standard InChI is InChI=1S/C17H19N3O.C9H12/c1-3-17(21)20-7-6-15(11-20)19-14-5-4-13-8-12(2)10-18-16(13)9-14;1-3-9-7-5-4-6-8(9)2/h3-5,8-10,15,19H,1,6-7,11H2,2H3;4-7H,3H2,1-2H3. The zero-order valence-electron chi connectivity index (χ0n) is 18.2. The lowest BCUT2D eigenvalue weighted by Gasteiger charge is -2.16. The van der Waals surface area contributed by atoms with Gasteiger partial charge in [-0.3, -0.25) is 9.78 Å². The molecular weight excluding hydrogens is 370 g/mol. The molecule has 1 unspecified atom stereocenters. The number of aromatic nitrogens is 1. The Morgan fingerprint density at radius 2 is 2.03 bits per heavy atom. The van der Waals surface area contributed by atoms with Gasteiger partial charge in [-0.1, -0.05) is 43.8 Å². The van der Waals surface area contributed by atoms with Crippen LogP contribution in [-0.2, 0) is 11.2 Å². The fraction of sp³-hybridized carbons (Fsp3) is 0.308. The fourth-order valence-corrected chi connectivity index (χ4v) is 3.77. The second-order valence-electron chi connectivity index (χ2n) is 7.82. The number of carbonyl (C=O) groups is 1. The Balaban J connectivity index is 0.000000239. The fourth-order valence-electron chi connectivity index (χ4n) is 3.77. The molecule has 4 heteroatoms. The van der Waals surface area contributed by atoms with E-state index in [1.165, 1.54) is 17.2 Å². The van der Waals surface area contributed by atoms with Crippen molar-refractivity contribution in [2.45, 2.75) is 39.7 Å². The molecule has 1 aliphatic heterocycles. The van der Waals surface area contributed by atoms with E-state index in [-0.39, 0.29) is 11.9 Å².